The highest BCUT2D eigenvalue weighted by molar-refractivity contribution is 7.91. The quantitative estimate of drug-likeness (QED) is 0.625. The number of pyridine rings is 2. The average molecular weight is 437 g/mol. The van der Waals surface area contributed by atoms with E-state index in [-0.39, 0.29) is 15.8 Å². The van der Waals surface area contributed by atoms with Gasteiger partial charge in [0, 0.05) is 38.6 Å². The maximum atomic E-state index is 12.9. The van der Waals surface area contributed by atoms with Gasteiger partial charge in [0.15, 0.2) is 5.03 Å². The molecule has 0 saturated carbocycles. The maximum Gasteiger partial charge on any atom is 0.255 e. The summed E-state index contributed by atoms with van der Waals surface area (Å²) in [6.45, 7) is 6.32. The number of carbonyl (C=O) groups is 1. The largest absolute Gasteiger partial charge is 0.353 e. The standard InChI is InChI=1S/C23H24N4O3S/c1-17-6-8-20(15-18(17)2)31(29,30)22-9-7-19(16-25-22)23(28)27-13-11-26(12-14-27)21-5-3-4-10-24-21/h3-10,15-16H,11-14H2,1-2H3. The van der Waals surface area contributed by atoms with Gasteiger partial charge in [-0.2, -0.15) is 0 Å². The van der Waals surface area contributed by atoms with E-state index in [9.17, 15) is 13.2 Å². The third-order valence-corrected chi connectivity index (χ3v) is 7.25. The number of aromatic nitrogens is 2. The van der Waals surface area contributed by atoms with Crippen molar-refractivity contribution in [3.05, 3.63) is 77.6 Å². The summed E-state index contributed by atoms with van der Waals surface area (Å²) in [7, 11) is -3.73. The molecule has 3 heterocycles. The second-order valence-electron chi connectivity index (χ2n) is 7.60. The van der Waals surface area contributed by atoms with E-state index in [0.29, 0.717) is 31.7 Å². The lowest BCUT2D eigenvalue weighted by molar-refractivity contribution is 0.0746. The number of rotatable bonds is 4. The van der Waals surface area contributed by atoms with Crippen LogP contribution in [0.3, 0.4) is 0 Å². The molecule has 1 fully saturated rings. The highest BCUT2D eigenvalue weighted by atomic mass is 32.2. The normalized spacial score (nSPS) is 14.5. The zero-order chi connectivity index (χ0) is 22.0. The van der Waals surface area contributed by atoms with Crippen molar-refractivity contribution in [3.8, 4) is 0 Å². The van der Waals surface area contributed by atoms with Crippen molar-refractivity contribution in [2.75, 3.05) is 31.1 Å². The highest BCUT2D eigenvalue weighted by Gasteiger charge is 2.24. The molecule has 8 heteroatoms. The van der Waals surface area contributed by atoms with E-state index in [1.54, 1.807) is 29.3 Å². The molecule has 1 amide bonds. The molecule has 0 atom stereocenters. The van der Waals surface area contributed by atoms with Crippen molar-refractivity contribution in [1.82, 2.24) is 14.9 Å². The van der Waals surface area contributed by atoms with Gasteiger partial charge in [-0.1, -0.05) is 12.1 Å². The van der Waals surface area contributed by atoms with Crippen LogP contribution < -0.4 is 4.90 Å². The molecule has 1 aliphatic heterocycles. The smallest absolute Gasteiger partial charge is 0.255 e. The number of piperazine rings is 1. The summed E-state index contributed by atoms with van der Waals surface area (Å²) in [6.07, 6.45) is 3.10. The van der Waals surface area contributed by atoms with Gasteiger partial charge in [-0.15, -0.1) is 0 Å². The predicted octanol–water partition coefficient (Wildman–Crippen LogP) is 2.89. The van der Waals surface area contributed by atoms with E-state index in [2.05, 4.69) is 14.9 Å². The second kappa shape index (κ2) is 8.47. The highest BCUT2D eigenvalue weighted by Crippen LogP contribution is 2.22. The fraction of sp³-hybridized carbons (Fsp3) is 0.261. The minimum absolute atomic E-state index is 0.0627. The first-order valence-corrected chi connectivity index (χ1v) is 11.6. The minimum Gasteiger partial charge on any atom is -0.353 e. The molecule has 0 unspecified atom stereocenters. The lowest BCUT2D eigenvalue weighted by Gasteiger charge is -2.35. The Kier molecular flexibility index (Phi) is 5.73. The first kappa shape index (κ1) is 21.0. The monoisotopic (exact) mass is 436 g/mol. The molecule has 1 aromatic carbocycles. The lowest BCUT2D eigenvalue weighted by Crippen LogP contribution is -2.49. The summed E-state index contributed by atoms with van der Waals surface area (Å²) in [5, 5.41) is -0.0627. The van der Waals surface area contributed by atoms with E-state index in [0.717, 1.165) is 16.9 Å². The molecule has 0 spiro atoms. The summed E-state index contributed by atoms with van der Waals surface area (Å²) in [5.74, 6) is 0.750. The summed E-state index contributed by atoms with van der Waals surface area (Å²) in [6, 6.07) is 13.7. The van der Waals surface area contributed by atoms with Crippen molar-refractivity contribution >= 4 is 21.6 Å². The number of aryl methyl sites for hydroxylation is 2. The van der Waals surface area contributed by atoms with Crippen LogP contribution in [0.25, 0.3) is 0 Å². The number of sulfone groups is 1. The molecule has 160 valence electrons. The number of carbonyl (C=O) groups excluding carboxylic acids is 1. The number of benzene rings is 1. The van der Waals surface area contributed by atoms with Crippen LogP contribution >= 0.6 is 0 Å². The van der Waals surface area contributed by atoms with Crippen LogP contribution in [-0.4, -0.2) is 55.4 Å². The third-order valence-electron chi connectivity index (χ3n) is 5.59. The van der Waals surface area contributed by atoms with Crippen LogP contribution in [-0.2, 0) is 9.84 Å². The van der Waals surface area contributed by atoms with Gasteiger partial charge in [0.1, 0.15) is 5.82 Å². The van der Waals surface area contributed by atoms with E-state index in [4.69, 9.17) is 0 Å². The van der Waals surface area contributed by atoms with Gasteiger partial charge in [-0.3, -0.25) is 4.79 Å². The molecular weight excluding hydrogens is 412 g/mol. The van der Waals surface area contributed by atoms with E-state index in [1.807, 2.05) is 32.0 Å². The van der Waals surface area contributed by atoms with Crippen LogP contribution in [0.15, 0.2) is 70.8 Å². The van der Waals surface area contributed by atoms with Gasteiger partial charge in [-0.25, -0.2) is 18.4 Å². The molecule has 3 aromatic rings. The van der Waals surface area contributed by atoms with Crippen LogP contribution in [0.5, 0.6) is 0 Å². The second-order valence-corrected chi connectivity index (χ2v) is 9.50. The molecule has 7 nitrogen and oxygen atoms in total. The molecule has 1 aliphatic rings. The Bertz CT molecular complexity index is 1190. The van der Waals surface area contributed by atoms with Gasteiger partial charge < -0.3 is 9.80 Å². The van der Waals surface area contributed by atoms with Crippen LogP contribution in [0.2, 0.25) is 0 Å². The van der Waals surface area contributed by atoms with Crippen molar-refractivity contribution < 1.29 is 13.2 Å². The summed E-state index contributed by atoms with van der Waals surface area (Å²) < 4.78 is 25.8. The van der Waals surface area contributed by atoms with Crippen molar-refractivity contribution in [2.24, 2.45) is 0 Å². The molecule has 0 radical (unpaired) electrons. The number of nitrogens with zero attached hydrogens (tertiary/aromatic N) is 4. The summed E-state index contributed by atoms with van der Waals surface area (Å²) >= 11 is 0. The molecular formula is C23H24N4O3S. The van der Waals surface area contributed by atoms with Gasteiger partial charge >= 0.3 is 0 Å². The average Bonchev–Trinajstić information content (AvgIpc) is 2.81. The van der Waals surface area contributed by atoms with Crippen molar-refractivity contribution in [2.45, 2.75) is 23.8 Å². The molecule has 31 heavy (non-hydrogen) atoms. The molecule has 1 saturated heterocycles. The molecule has 0 N–H and O–H groups in total. The molecule has 4 rings (SSSR count). The van der Waals surface area contributed by atoms with Gasteiger partial charge in [0.05, 0.1) is 10.5 Å². The zero-order valence-corrected chi connectivity index (χ0v) is 18.3. The summed E-state index contributed by atoms with van der Waals surface area (Å²) in [4.78, 5) is 25.4. The van der Waals surface area contributed by atoms with Crippen LogP contribution in [0, 0.1) is 13.8 Å². The Hall–Kier alpha value is -3.26. The van der Waals surface area contributed by atoms with Crippen LogP contribution in [0.4, 0.5) is 5.82 Å². The Morgan fingerprint density at radius 1 is 0.903 bits per heavy atom. The number of hydrogen-bond donors (Lipinski definition) is 0. The van der Waals surface area contributed by atoms with Gasteiger partial charge in [0.25, 0.3) is 5.91 Å². The number of anilines is 1. The Labute approximate surface area is 182 Å². The van der Waals surface area contributed by atoms with E-state index < -0.39 is 9.84 Å². The SMILES string of the molecule is Cc1ccc(S(=O)(=O)c2ccc(C(=O)N3CCN(c4ccccn4)CC3)cn2)cc1C. The molecule has 0 bridgehead atoms. The van der Waals surface area contributed by atoms with E-state index in [1.165, 1.54) is 18.3 Å². The predicted molar refractivity (Wildman–Crippen MR) is 118 cm³/mol. The van der Waals surface area contributed by atoms with Gasteiger partial charge in [-0.05, 0) is 61.4 Å². The Balaban J connectivity index is 1.45. The molecule has 2 aromatic heterocycles. The molecule has 0 aliphatic carbocycles. The van der Waals surface area contributed by atoms with Crippen LogP contribution in [0.1, 0.15) is 21.5 Å². The van der Waals surface area contributed by atoms with Gasteiger partial charge in [0.2, 0.25) is 9.84 Å². The number of amides is 1. The topological polar surface area (TPSA) is 83.5 Å². The zero-order valence-electron chi connectivity index (χ0n) is 17.5. The number of hydrogen-bond acceptors (Lipinski definition) is 6. The fourth-order valence-electron chi connectivity index (χ4n) is 3.53. The van der Waals surface area contributed by atoms with E-state index >= 15 is 0 Å². The fourth-order valence-corrected chi connectivity index (χ4v) is 4.79. The van der Waals surface area contributed by atoms with Crippen molar-refractivity contribution in [3.63, 3.8) is 0 Å². The first-order chi connectivity index (χ1) is 14.9. The first-order valence-electron chi connectivity index (χ1n) is 10.1. The maximum absolute atomic E-state index is 12.9. The third kappa shape index (κ3) is 4.29. The lowest BCUT2D eigenvalue weighted by atomic mass is 10.1. The van der Waals surface area contributed by atoms with Crippen molar-refractivity contribution in [1.29, 1.82) is 0 Å². The minimum atomic E-state index is -3.73. The Morgan fingerprint density at radius 2 is 1.68 bits per heavy atom. The summed E-state index contributed by atoms with van der Waals surface area (Å²) in [5.41, 5.74) is 2.30. The Morgan fingerprint density at radius 3 is 2.29 bits per heavy atom.